The summed E-state index contributed by atoms with van der Waals surface area (Å²) in [5.41, 5.74) is -0.449. The van der Waals surface area contributed by atoms with E-state index in [0.29, 0.717) is 6.04 Å². The lowest BCUT2D eigenvalue weighted by Gasteiger charge is -2.38. The lowest BCUT2D eigenvalue weighted by Crippen LogP contribution is -2.54. The fourth-order valence-corrected chi connectivity index (χ4v) is 2.47. The fraction of sp³-hybridized carbons (Fsp3) is 0.923. The van der Waals surface area contributed by atoms with Crippen LogP contribution in [0.5, 0.6) is 0 Å². The lowest BCUT2D eigenvalue weighted by atomic mass is 9.85. The van der Waals surface area contributed by atoms with Gasteiger partial charge in [-0.05, 0) is 39.7 Å². The molecule has 0 saturated heterocycles. The van der Waals surface area contributed by atoms with E-state index in [1.54, 1.807) is 0 Å². The van der Waals surface area contributed by atoms with Crippen LogP contribution in [0.2, 0.25) is 0 Å². The van der Waals surface area contributed by atoms with Gasteiger partial charge in [0.05, 0.1) is 5.54 Å². The van der Waals surface area contributed by atoms with Crippen LogP contribution in [0.1, 0.15) is 46.5 Å². The molecule has 2 unspecified atom stereocenters. The van der Waals surface area contributed by atoms with Crippen molar-refractivity contribution in [2.75, 3.05) is 14.1 Å². The highest BCUT2D eigenvalue weighted by Gasteiger charge is 2.33. The fourth-order valence-electron chi connectivity index (χ4n) is 2.47. The molecule has 0 spiro atoms. The highest BCUT2D eigenvalue weighted by atomic mass is 16.2. The molecule has 0 radical (unpaired) electrons. The third kappa shape index (κ3) is 2.97. The van der Waals surface area contributed by atoms with Gasteiger partial charge in [-0.2, -0.15) is 0 Å². The van der Waals surface area contributed by atoms with E-state index >= 15 is 0 Å². The Kier molecular flexibility index (Phi) is 4.36. The molecule has 3 nitrogen and oxygen atoms in total. The van der Waals surface area contributed by atoms with Gasteiger partial charge >= 0.3 is 0 Å². The van der Waals surface area contributed by atoms with Gasteiger partial charge in [0.2, 0.25) is 5.91 Å². The van der Waals surface area contributed by atoms with Crippen molar-refractivity contribution < 1.29 is 4.79 Å². The Bertz CT molecular complexity index is 250. The first kappa shape index (κ1) is 13.5. The number of hydrogen-bond acceptors (Lipinski definition) is 2. The number of rotatable bonds is 3. The minimum atomic E-state index is -0.449. The average Bonchev–Trinajstić information content (AvgIpc) is 2.27. The first-order valence-corrected chi connectivity index (χ1v) is 6.34. The van der Waals surface area contributed by atoms with Gasteiger partial charge in [0, 0.05) is 13.1 Å². The molecule has 0 aromatic rings. The van der Waals surface area contributed by atoms with Crippen LogP contribution in [0.4, 0.5) is 0 Å². The van der Waals surface area contributed by atoms with Crippen LogP contribution < -0.4 is 5.32 Å². The number of nitrogens with one attached hydrogen (secondary N) is 1. The van der Waals surface area contributed by atoms with Crippen molar-refractivity contribution in [3.8, 4) is 0 Å². The van der Waals surface area contributed by atoms with E-state index in [9.17, 15) is 4.79 Å². The number of amides is 1. The molecule has 16 heavy (non-hydrogen) atoms. The molecule has 1 saturated carbocycles. The molecule has 94 valence electrons. The van der Waals surface area contributed by atoms with E-state index in [1.807, 2.05) is 32.8 Å². The van der Waals surface area contributed by atoms with Crippen LogP contribution in [-0.4, -0.2) is 36.5 Å². The standard InChI is InChI=1S/C13H26N2O/c1-10-7-6-8-11(9-10)15(5)12(16)13(2,3)14-4/h10-11,14H,6-9H2,1-5H3. The summed E-state index contributed by atoms with van der Waals surface area (Å²) in [5, 5.41) is 3.08. The zero-order valence-corrected chi connectivity index (χ0v) is 11.3. The van der Waals surface area contributed by atoms with Crippen molar-refractivity contribution >= 4 is 5.91 Å². The zero-order valence-electron chi connectivity index (χ0n) is 11.3. The van der Waals surface area contributed by atoms with Crippen LogP contribution in [0.15, 0.2) is 0 Å². The molecule has 2 atom stereocenters. The summed E-state index contributed by atoms with van der Waals surface area (Å²) < 4.78 is 0. The molecule has 0 bridgehead atoms. The van der Waals surface area contributed by atoms with Crippen LogP contribution in [0.3, 0.4) is 0 Å². The molecule has 3 heteroatoms. The van der Waals surface area contributed by atoms with Crippen LogP contribution in [0.25, 0.3) is 0 Å². The molecular formula is C13H26N2O. The predicted molar refractivity (Wildman–Crippen MR) is 67.3 cm³/mol. The highest BCUT2D eigenvalue weighted by molar-refractivity contribution is 5.85. The second kappa shape index (κ2) is 5.17. The van der Waals surface area contributed by atoms with Crippen LogP contribution >= 0.6 is 0 Å². The smallest absolute Gasteiger partial charge is 0.242 e. The van der Waals surface area contributed by atoms with Gasteiger partial charge in [-0.25, -0.2) is 0 Å². The average molecular weight is 226 g/mol. The normalized spacial score (nSPS) is 26.6. The molecule has 1 aliphatic carbocycles. The maximum absolute atomic E-state index is 12.3. The van der Waals surface area contributed by atoms with Gasteiger partial charge in [-0.3, -0.25) is 4.79 Å². The Labute approximate surface area is 99.6 Å². The minimum absolute atomic E-state index is 0.203. The summed E-state index contributed by atoms with van der Waals surface area (Å²) in [7, 11) is 3.79. The van der Waals surface area contributed by atoms with Crippen LogP contribution in [0, 0.1) is 5.92 Å². The second-order valence-corrected chi connectivity index (χ2v) is 5.72. The van der Waals surface area contributed by atoms with E-state index in [4.69, 9.17) is 0 Å². The Morgan fingerprint density at radius 2 is 2.00 bits per heavy atom. The third-order valence-electron chi connectivity index (χ3n) is 3.94. The summed E-state index contributed by atoms with van der Waals surface area (Å²) >= 11 is 0. The topological polar surface area (TPSA) is 32.3 Å². The van der Waals surface area contributed by atoms with E-state index < -0.39 is 5.54 Å². The molecule has 1 amide bonds. The number of likely N-dealkylation sites (N-methyl/N-ethyl adjacent to an activating group) is 2. The van der Waals surface area contributed by atoms with E-state index in [-0.39, 0.29) is 5.91 Å². The third-order valence-corrected chi connectivity index (χ3v) is 3.94. The van der Waals surface area contributed by atoms with Gasteiger partial charge in [0.1, 0.15) is 0 Å². The quantitative estimate of drug-likeness (QED) is 0.798. The molecule has 1 N–H and O–H groups in total. The van der Waals surface area contributed by atoms with Crippen molar-refractivity contribution in [1.29, 1.82) is 0 Å². The van der Waals surface area contributed by atoms with Crippen molar-refractivity contribution in [3.05, 3.63) is 0 Å². The number of nitrogens with zero attached hydrogens (tertiary/aromatic N) is 1. The molecule has 0 aromatic heterocycles. The monoisotopic (exact) mass is 226 g/mol. The minimum Gasteiger partial charge on any atom is -0.341 e. The SMILES string of the molecule is CNC(C)(C)C(=O)N(C)C1CCCC(C)C1. The van der Waals surface area contributed by atoms with Gasteiger partial charge in [0.15, 0.2) is 0 Å². The van der Waals surface area contributed by atoms with E-state index in [2.05, 4.69) is 12.2 Å². The van der Waals surface area contributed by atoms with Gasteiger partial charge in [-0.15, -0.1) is 0 Å². The van der Waals surface area contributed by atoms with E-state index in [1.165, 1.54) is 12.8 Å². The zero-order chi connectivity index (χ0) is 12.3. The first-order valence-electron chi connectivity index (χ1n) is 6.34. The van der Waals surface area contributed by atoms with Crippen molar-refractivity contribution in [2.24, 2.45) is 5.92 Å². The molecular weight excluding hydrogens is 200 g/mol. The summed E-state index contributed by atoms with van der Waals surface area (Å²) in [4.78, 5) is 14.2. The summed E-state index contributed by atoms with van der Waals surface area (Å²) in [6.07, 6.45) is 4.88. The summed E-state index contributed by atoms with van der Waals surface area (Å²) in [6.45, 7) is 6.17. The Hall–Kier alpha value is -0.570. The molecule has 1 fully saturated rings. The van der Waals surface area contributed by atoms with Crippen molar-refractivity contribution in [1.82, 2.24) is 10.2 Å². The van der Waals surface area contributed by atoms with Crippen molar-refractivity contribution in [3.63, 3.8) is 0 Å². The molecule has 1 aliphatic rings. The lowest BCUT2D eigenvalue weighted by molar-refractivity contribution is -0.138. The van der Waals surface area contributed by atoms with E-state index in [0.717, 1.165) is 18.8 Å². The number of carbonyl (C=O) groups excluding carboxylic acids is 1. The number of hydrogen-bond donors (Lipinski definition) is 1. The Morgan fingerprint density at radius 3 is 2.50 bits per heavy atom. The van der Waals surface area contributed by atoms with Gasteiger partial charge in [-0.1, -0.05) is 19.8 Å². The van der Waals surface area contributed by atoms with Crippen molar-refractivity contribution in [2.45, 2.75) is 58.0 Å². The number of carbonyl (C=O) groups is 1. The molecule has 0 heterocycles. The molecule has 0 aliphatic heterocycles. The van der Waals surface area contributed by atoms with Gasteiger partial charge < -0.3 is 10.2 Å². The maximum Gasteiger partial charge on any atom is 0.242 e. The summed E-state index contributed by atoms with van der Waals surface area (Å²) in [5.74, 6) is 0.959. The molecule has 0 aromatic carbocycles. The van der Waals surface area contributed by atoms with Crippen LogP contribution in [-0.2, 0) is 4.79 Å². The Morgan fingerprint density at radius 1 is 1.38 bits per heavy atom. The predicted octanol–water partition coefficient (Wildman–Crippen LogP) is 2.02. The largest absolute Gasteiger partial charge is 0.341 e. The Balaban J connectivity index is 2.63. The molecule has 1 rings (SSSR count). The second-order valence-electron chi connectivity index (χ2n) is 5.72. The summed E-state index contributed by atoms with van der Waals surface area (Å²) in [6, 6.07) is 0.434. The first-order chi connectivity index (χ1) is 7.38. The van der Waals surface area contributed by atoms with Gasteiger partial charge in [0.25, 0.3) is 0 Å². The maximum atomic E-state index is 12.3. The highest BCUT2D eigenvalue weighted by Crippen LogP contribution is 2.27.